The summed E-state index contributed by atoms with van der Waals surface area (Å²) in [5.41, 5.74) is 1.35. The monoisotopic (exact) mass is 268 g/mol. The smallest absolute Gasteiger partial charge is 0.0964 e. The fourth-order valence-electron chi connectivity index (χ4n) is 2.08. The summed E-state index contributed by atoms with van der Waals surface area (Å²) in [6.45, 7) is 11.4. The third-order valence-corrected chi connectivity index (χ3v) is 4.58. The van der Waals surface area contributed by atoms with Crippen molar-refractivity contribution in [3.8, 4) is 0 Å². The third kappa shape index (κ3) is 3.77. The first-order valence-electron chi connectivity index (χ1n) is 6.75. The van der Waals surface area contributed by atoms with Crippen LogP contribution in [0.3, 0.4) is 0 Å². The van der Waals surface area contributed by atoms with Crippen molar-refractivity contribution < 1.29 is 4.74 Å². The lowest BCUT2D eigenvalue weighted by atomic mass is 10.0. The highest BCUT2D eigenvalue weighted by molar-refractivity contribution is 7.11. The summed E-state index contributed by atoms with van der Waals surface area (Å²) in [7, 11) is 0. The van der Waals surface area contributed by atoms with Crippen LogP contribution in [0, 0.1) is 6.92 Å². The quantitative estimate of drug-likeness (QED) is 0.914. The minimum atomic E-state index is 0.162. The molecule has 1 fully saturated rings. The molecular formula is C14H24N2OS. The standard InChI is InChI=1S/C14H24N2OS/c1-10-12(9-15-14(2,3)4)18-13(16-10)11-5-7-17-8-6-11/h11,15H,5-9H2,1-4H3. The van der Waals surface area contributed by atoms with Gasteiger partial charge in [0, 0.05) is 36.1 Å². The second-order valence-corrected chi connectivity index (χ2v) is 7.17. The van der Waals surface area contributed by atoms with Gasteiger partial charge in [0.1, 0.15) is 0 Å². The van der Waals surface area contributed by atoms with Crippen molar-refractivity contribution in [1.82, 2.24) is 10.3 Å². The van der Waals surface area contributed by atoms with Crippen LogP contribution in [-0.2, 0) is 11.3 Å². The van der Waals surface area contributed by atoms with E-state index in [9.17, 15) is 0 Å². The van der Waals surface area contributed by atoms with Gasteiger partial charge in [-0.05, 0) is 40.5 Å². The molecule has 0 saturated carbocycles. The maximum Gasteiger partial charge on any atom is 0.0964 e. The number of aryl methyl sites for hydroxylation is 1. The zero-order valence-electron chi connectivity index (χ0n) is 11.9. The fraction of sp³-hybridized carbons (Fsp3) is 0.786. The highest BCUT2D eigenvalue weighted by atomic mass is 32.1. The Hall–Kier alpha value is -0.450. The van der Waals surface area contributed by atoms with Crippen LogP contribution in [0.5, 0.6) is 0 Å². The first-order chi connectivity index (χ1) is 8.46. The van der Waals surface area contributed by atoms with E-state index in [4.69, 9.17) is 9.72 Å². The largest absolute Gasteiger partial charge is 0.381 e. The number of thiazole rings is 1. The van der Waals surface area contributed by atoms with Gasteiger partial charge in [-0.25, -0.2) is 4.98 Å². The molecule has 0 spiro atoms. The molecule has 1 N–H and O–H groups in total. The second-order valence-electron chi connectivity index (χ2n) is 6.05. The van der Waals surface area contributed by atoms with Gasteiger partial charge in [0.2, 0.25) is 0 Å². The molecule has 4 heteroatoms. The molecule has 1 aliphatic heterocycles. The van der Waals surface area contributed by atoms with Crippen molar-refractivity contribution in [2.45, 2.75) is 58.5 Å². The molecule has 0 aromatic carbocycles. The Bertz CT molecular complexity index is 389. The average Bonchev–Trinajstić information content (AvgIpc) is 2.68. The summed E-state index contributed by atoms with van der Waals surface area (Å²) in [4.78, 5) is 6.14. The van der Waals surface area contributed by atoms with E-state index in [1.165, 1.54) is 15.6 Å². The van der Waals surface area contributed by atoms with Crippen LogP contribution < -0.4 is 5.32 Å². The first kappa shape index (κ1) is 14.0. The van der Waals surface area contributed by atoms with E-state index in [2.05, 4.69) is 33.0 Å². The fourth-order valence-corrected chi connectivity index (χ4v) is 3.25. The van der Waals surface area contributed by atoms with Crippen molar-refractivity contribution >= 4 is 11.3 Å². The van der Waals surface area contributed by atoms with E-state index in [1.54, 1.807) is 0 Å². The maximum atomic E-state index is 5.41. The van der Waals surface area contributed by atoms with Gasteiger partial charge in [-0.2, -0.15) is 0 Å². The highest BCUT2D eigenvalue weighted by Gasteiger charge is 2.21. The predicted molar refractivity (Wildman–Crippen MR) is 76.2 cm³/mol. The molecule has 1 aromatic heterocycles. The molecule has 0 radical (unpaired) electrons. The number of rotatable bonds is 3. The van der Waals surface area contributed by atoms with Crippen LogP contribution in [0.4, 0.5) is 0 Å². The number of hydrogen-bond acceptors (Lipinski definition) is 4. The number of ether oxygens (including phenoxy) is 1. The van der Waals surface area contributed by atoms with Crippen molar-refractivity contribution in [2.75, 3.05) is 13.2 Å². The lowest BCUT2D eigenvalue weighted by Crippen LogP contribution is -2.34. The minimum absolute atomic E-state index is 0.162. The highest BCUT2D eigenvalue weighted by Crippen LogP contribution is 2.31. The van der Waals surface area contributed by atoms with Gasteiger partial charge in [-0.1, -0.05) is 0 Å². The van der Waals surface area contributed by atoms with Gasteiger partial charge >= 0.3 is 0 Å². The molecule has 102 valence electrons. The SMILES string of the molecule is Cc1nc(C2CCOCC2)sc1CNC(C)(C)C. The van der Waals surface area contributed by atoms with Gasteiger partial charge in [0.05, 0.1) is 10.7 Å². The molecule has 0 aliphatic carbocycles. The molecular weight excluding hydrogens is 244 g/mol. The Morgan fingerprint density at radius 1 is 1.33 bits per heavy atom. The van der Waals surface area contributed by atoms with Gasteiger partial charge in [-0.3, -0.25) is 0 Å². The number of hydrogen-bond donors (Lipinski definition) is 1. The van der Waals surface area contributed by atoms with E-state index >= 15 is 0 Å². The molecule has 0 unspecified atom stereocenters. The molecule has 1 aliphatic rings. The van der Waals surface area contributed by atoms with E-state index < -0.39 is 0 Å². The lowest BCUT2D eigenvalue weighted by Gasteiger charge is -2.20. The molecule has 2 rings (SSSR count). The van der Waals surface area contributed by atoms with Crippen LogP contribution in [0.25, 0.3) is 0 Å². The molecule has 1 saturated heterocycles. The van der Waals surface area contributed by atoms with Gasteiger partial charge in [0.25, 0.3) is 0 Å². The van der Waals surface area contributed by atoms with Gasteiger partial charge in [-0.15, -0.1) is 11.3 Å². The number of nitrogens with zero attached hydrogens (tertiary/aromatic N) is 1. The van der Waals surface area contributed by atoms with Crippen LogP contribution in [-0.4, -0.2) is 23.7 Å². The topological polar surface area (TPSA) is 34.1 Å². The Morgan fingerprint density at radius 2 is 2.00 bits per heavy atom. The lowest BCUT2D eigenvalue weighted by molar-refractivity contribution is 0.0852. The van der Waals surface area contributed by atoms with Gasteiger partial charge < -0.3 is 10.1 Å². The zero-order chi connectivity index (χ0) is 13.2. The molecule has 2 heterocycles. The van der Waals surface area contributed by atoms with E-state index in [0.717, 1.165) is 32.6 Å². The van der Waals surface area contributed by atoms with Crippen molar-refractivity contribution in [3.05, 3.63) is 15.6 Å². The maximum absolute atomic E-state index is 5.41. The Labute approximate surface area is 114 Å². The summed E-state index contributed by atoms with van der Waals surface area (Å²) >= 11 is 1.88. The summed E-state index contributed by atoms with van der Waals surface area (Å²) in [6.07, 6.45) is 2.25. The van der Waals surface area contributed by atoms with Crippen LogP contribution in [0.1, 0.15) is 55.1 Å². The van der Waals surface area contributed by atoms with E-state index in [-0.39, 0.29) is 5.54 Å². The van der Waals surface area contributed by atoms with E-state index in [1.807, 2.05) is 11.3 Å². The van der Waals surface area contributed by atoms with E-state index in [0.29, 0.717) is 5.92 Å². The molecule has 18 heavy (non-hydrogen) atoms. The minimum Gasteiger partial charge on any atom is -0.381 e. The Balaban J connectivity index is 2.02. The zero-order valence-corrected chi connectivity index (χ0v) is 12.7. The summed E-state index contributed by atoms with van der Waals surface area (Å²) in [5, 5.41) is 4.85. The van der Waals surface area contributed by atoms with Crippen LogP contribution in [0.15, 0.2) is 0 Å². The van der Waals surface area contributed by atoms with Gasteiger partial charge in [0.15, 0.2) is 0 Å². The molecule has 0 amide bonds. The van der Waals surface area contributed by atoms with Crippen molar-refractivity contribution in [1.29, 1.82) is 0 Å². The van der Waals surface area contributed by atoms with Crippen molar-refractivity contribution in [2.24, 2.45) is 0 Å². The first-order valence-corrected chi connectivity index (χ1v) is 7.56. The third-order valence-electron chi connectivity index (χ3n) is 3.26. The van der Waals surface area contributed by atoms with Crippen LogP contribution >= 0.6 is 11.3 Å². The Morgan fingerprint density at radius 3 is 2.61 bits per heavy atom. The Kier molecular flexibility index (Phi) is 4.41. The molecule has 0 bridgehead atoms. The number of aromatic nitrogens is 1. The normalized spacial score (nSPS) is 18.2. The molecule has 3 nitrogen and oxygen atoms in total. The second kappa shape index (κ2) is 5.68. The molecule has 0 atom stereocenters. The van der Waals surface area contributed by atoms with Crippen molar-refractivity contribution in [3.63, 3.8) is 0 Å². The average molecular weight is 268 g/mol. The van der Waals surface area contributed by atoms with Crippen LogP contribution in [0.2, 0.25) is 0 Å². The number of nitrogens with one attached hydrogen (secondary N) is 1. The summed E-state index contributed by atoms with van der Waals surface area (Å²) < 4.78 is 5.41. The summed E-state index contributed by atoms with van der Waals surface area (Å²) in [6, 6.07) is 0. The molecule has 1 aromatic rings. The predicted octanol–water partition coefficient (Wildman–Crippen LogP) is 3.23. The summed E-state index contributed by atoms with van der Waals surface area (Å²) in [5.74, 6) is 0.617.